The van der Waals surface area contributed by atoms with Crippen LogP contribution in [0.4, 0.5) is 9.59 Å². The van der Waals surface area contributed by atoms with E-state index < -0.39 is 29.1 Å². The van der Waals surface area contributed by atoms with Gasteiger partial charge in [0.05, 0.1) is 5.92 Å². The van der Waals surface area contributed by atoms with E-state index in [9.17, 15) is 19.5 Å². The molecule has 0 spiro atoms. The third-order valence-electron chi connectivity index (χ3n) is 8.20. The molecule has 44 heavy (non-hydrogen) atoms. The summed E-state index contributed by atoms with van der Waals surface area (Å²) in [5.74, 6) is 0.479. The molecule has 1 saturated heterocycles. The number of piperidine rings is 1. The number of imide groups is 1. The summed E-state index contributed by atoms with van der Waals surface area (Å²) in [4.78, 5) is 44.1. The number of methoxy groups -OCH3 is 1. The molecule has 0 bridgehead atoms. The average Bonchev–Trinajstić information content (AvgIpc) is 3.01. The van der Waals surface area contributed by atoms with E-state index in [1.807, 2.05) is 69.3 Å². The number of nitrogens with one attached hydrogen (secondary N) is 1. The number of hydrogen-bond acceptors (Lipinski definition) is 7. The van der Waals surface area contributed by atoms with Crippen LogP contribution in [-0.4, -0.2) is 85.0 Å². The second-order valence-corrected chi connectivity index (χ2v) is 12.6. The second kappa shape index (κ2) is 14.9. The highest BCUT2D eigenvalue weighted by Crippen LogP contribution is 2.51. The molecule has 2 aliphatic heterocycles. The number of aliphatic hydroxyl groups excluding tert-OH is 1. The first-order valence-electron chi connectivity index (χ1n) is 15.6. The number of unbranched alkanes of at least 4 members (excludes halogenated alkanes) is 1. The van der Waals surface area contributed by atoms with Gasteiger partial charge in [-0.15, -0.1) is 0 Å². The number of fused-ring (bicyclic) bond motifs is 2. The molecule has 0 saturated carbocycles. The first-order valence-corrected chi connectivity index (χ1v) is 15.6. The van der Waals surface area contributed by atoms with Crippen molar-refractivity contribution < 1.29 is 33.7 Å². The Bertz CT molecular complexity index is 1250. The van der Waals surface area contributed by atoms with Crippen molar-refractivity contribution in [3.8, 4) is 11.5 Å². The van der Waals surface area contributed by atoms with Gasteiger partial charge in [-0.25, -0.2) is 9.59 Å². The van der Waals surface area contributed by atoms with Gasteiger partial charge in [0.2, 0.25) is 5.91 Å². The highest BCUT2D eigenvalue weighted by atomic mass is 16.6. The maximum Gasteiger partial charge on any atom is 0.410 e. The maximum absolute atomic E-state index is 14.4. The van der Waals surface area contributed by atoms with Crippen molar-refractivity contribution in [2.45, 2.75) is 70.3 Å². The molecule has 0 aliphatic carbocycles. The number of rotatable bonds is 11. The summed E-state index contributed by atoms with van der Waals surface area (Å²) in [5.41, 5.74) is 0.418. The number of aliphatic hydroxyl groups is 1. The van der Waals surface area contributed by atoms with Gasteiger partial charge in [-0.3, -0.25) is 9.69 Å². The van der Waals surface area contributed by atoms with E-state index in [1.54, 1.807) is 12.0 Å². The molecule has 2 aromatic carbocycles. The number of para-hydroxylation sites is 2. The van der Waals surface area contributed by atoms with E-state index in [4.69, 9.17) is 14.2 Å². The number of likely N-dealkylation sites (tertiary alicyclic amines) is 1. The lowest BCUT2D eigenvalue weighted by Crippen LogP contribution is -2.55. The average molecular weight is 610 g/mol. The zero-order chi connectivity index (χ0) is 31.7. The lowest BCUT2D eigenvalue weighted by atomic mass is 9.68. The third kappa shape index (κ3) is 7.90. The van der Waals surface area contributed by atoms with Crippen LogP contribution in [0.15, 0.2) is 48.5 Å². The minimum Gasteiger partial charge on any atom is -0.457 e. The number of benzene rings is 2. The van der Waals surface area contributed by atoms with Crippen molar-refractivity contribution in [1.29, 1.82) is 0 Å². The molecule has 2 N–H and O–H groups in total. The lowest BCUT2D eigenvalue weighted by molar-refractivity contribution is -0.134. The van der Waals surface area contributed by atoms with Gasteiger partial charge in [0, 0.05) is 63.0 Å². The smallest absolute Gasteiger partial charge is 0.410 e. The number of amides is 4. The van der Waals surface area contributed by atoms with Crippen molar-refractivity contribution >= 4 is 18.0 Å². The number of carbonyl (C=O) groups excluding carboxylic acids is 3. The third-order valence-corrected chi connectivity index (χ3v) is 8.20. The first kappa shape index (κ1) is 33.3. The van der Waals surface area contributed by atoms with Crippen LogP contribution in [0.25, 0.3) is 0 Å². The van der Waals surface area contributed by atoms with Gasteiger partial charge in [-0.2, -0.15) is 0 Å². The molecular formula is C34H47N3O7. The Kier molecular flexibility index (Phi) is 11.3. The van der Waals surface area contributed by atoms with Crippen LogP contribution in [0.5, 0.6) is 11.5 Å². The van der Waals surface area contributed by atoms with Crippen LogP contribution >= 0.6 is 0 Å². The van der Waals surface area contributed by atoms with Crippen LogP contribution in [0.3, 0.4) is 0 Å². The molecular weight excluding hydrogens is 562 g/mol. The number of hydrogen-bond donors (Lipinski definition) is 2. The largest absolute Gasteiger partial charge is 0.457 e. The van der Waals surface area contributed by atoms with Gasteiger partial charge >= 0.3 is 12.1 Å². The number of ether oxygens (including phenoxy) is 3. The molecule has 4 rings (SSSR count). The van der Waals surface area contributed by atoms with Gasteiger partial charge in [0.25, 0.3) is 0 Å². The van der Waals surface area contributed by atoms with Crippen molar-refractivity contribution in [1.82, 2.24) is 15.1 Å². The van der Waals surface area contributed by atoms with Crippen LogP contribution in [-0.2, 0) is 19.7 Å². The molecule has 10 nitrogen and oxygen atoms in total. The predicted octanol–water partition coefficient (Wildman–Crippen LogP) is 5.46. The van der Waals surface area contributed by atoms with Crippen molar-refractivity contribution in [3.05, 3.63) is 59.7 Å². The number of urea groups is 1. The fourth-order valence-electron chi connectivity index (χ4n) is 6.14. The topological polar surface area (TPSA) is 118 Å². The van der Waals surface area contributed by atoms with E-state index in [1.165, 1.54) is 4.90 Å². The van der Waals surface area contributed by atoms with Crippen LogP contribution in [0.1, 0.15) is 70.4 Å². The summed E-state index contributed by atoms with van der Waals surface area (Å²) in [6.45, 7) is 6.93. The minimum atomic E-state index is -0.747. The summed E-state index contributed by atoms with van der Waals surface area (Å²) in [5, 5.41) is 12.2. The normalized spacial score (nSPS) is 17.1. The SMILES string of the molecule is COCCCCC1(CN(C(=O)NCCCO)C(=O)[C@@H]2CCCN(C(=O)OC(C)(C)C)C2)c2ccccc2Oc2ccccc21. The number of nitrogens with zero attached hydrogens (tertiary/aromatic N) is 2. The molecule has 2 aliphatic rings. The Hall–Kier alpha value is -3.63. The molecule has 240 valence electrons. The van der Waals surface area contributed by atoms with E-state index in [2.05, 4.69) is 5.32 Å². The first-order chi connectivity index (χ1) is 21.1. The molecule has 2 aromatic rings. The van der Waals surface area contributed by atoms with Gasteiger partial charge in [-0.1, -0.05) is 36.4 Å². The van der Waals surface area contributed by atoms with Gasteiger partial charge < -0.3 is 29.5 Å². The Morgan fingerprint density at radius 2 is 1.70 bits per heavy atom. The molecule has 0 aromatic heterocycles. The zero-order valence-corrected chi connectivity index (χ0v) is 26.5. The summed E-state index contributed by atoms with van der Waals surface area (Å²) >= 11 is 0. The number of carbonyl (C=O) groups is 3. The lowest BCUT2D eigenvalue weighted by Gasteiger charge is -2.44. The zero-order valence-electron chi connectivity index (χ0n) is 26.5. The van der Waals surface area contributed by atoms with E-state index in [-0.39, 0.29) is 32.1 Å². The molecule has 4 amide bonds. The fraction of sp³-hybridized carbons (Fsp3) is 0.559. The van der Waals surface area contributed by atoms with Crippen molar-refractivity contribution in [2.75, 3.05) is 46.5 Å². The van der Waals surface area contributed by atoms with Crippen LogP contribution < -0.4 is 10.1 Å². The highest BCUT2D eigenvalue weighted by molar-refractivity contribution is 5.96. The van der Waals surface area contributed by atoms with Crippen molar-refractivity contribution in [3.63, 3.8) is 0 Å². The summed E-state index contributed by atoms with van der Waals surface area (Å²) in [6.07, 6.45) is 3.33. The Labute approximate surface area is 260 Å². The fourth-order valence-corrected chi connectivity index (χ4v) is 6.14. The van der Waals surface area contributed by atoms with Crippen molar-refractivity contribution in [2.24, 2.45) is 5.92 Å². The Balaban J connectivity index is 1.73. The van der Waals surface area contributed by atoms with E-state index in [0.29, 0.717) is 50.3 Å². The van der Waals surface area contributed by atoms with E-state index in [0.717, 1.165) is 24.0 Å². The Morgan fingerprint density at radius 3 is 2.32 bits per heavy atom. The van der Waals surface area contributed by atoms with Crippen LogP contribution in [0.2, 0.25) is 0 Å². The molecule has 1 fully saturated rings. The summed E-state index contributed by atoms with van der Waals surface area (Å²) in [6, 6.07) is 15.1. The molecule has 1 atom stereocenters. The summed E-state index contributed by atoms with van der Waals surface area (Å²) < 4.78 is 17.3. The monoisotopic (exact) mass is 609 g/mol. The van der Waals surface area contributed by atoms with E-state index >= 15 is 0 Å². The Morgan fingerprint density at radius 1 is 1.05 bits per heavy atom. The van der Waals surface area contributed by atoms with Crippen LogP contribution in [0, 0.1) is 5.92 Å². The quantitative estimate of drug-likeness (QED) is 0.325. The van der Waals surface area contributed by atoms with Gasteiger partial charge in [-0.05, 0) is 71.4 Å². The minimum absolute atomic E-state index is 0.0801. The maximum atomic E-state index is 14.4. The molecule has 10 heteroatoms. The summed E-state index contributed by atoms with van der Waals surface area (Å²) in [7, 11) is 1.68. The van der Waals surface area contributed by atoms with Gasteiger partial charge in [0.1, 0.15) is 17.1 Å². The van der Waals surface area contributed by atoms with Gasteiger partial charge in [0.15, 0.2) is 0 Å². The molecule has 2 heterocycles. The predicted molar refractivity (Wildman–Crippen MR) is 167 cm³/mol. The standard InChI is InChI=1S/C34H47N3O7/c1-33(2,3)44-32(41)36-20-11-13-25(23-36)30(39)37(31(40)35-19-12-21-38)24-34(18-9-10-22-42-4)26-14-5-7-16-28(26)43-29-17-8-6-15-27(29)34/h5-8,14-17,25,38H,9-13,18-24H2,1-4H3,(H,35,40)/t25-/m1/s1. The molecule has 0 radical (unpaired) electrons. The second-order valence-electron chi connectivity index (χ2n) is 12.6. The molecule has 0 unspecified atom stereocenters. The highest BCUT2D eigenvalue weighted by Gasteiger charge is 2.46.